The molecule has 0 aromatic rings. The lowest BCUT2D eigenvalue weighted by Crippen LogP contribution is -2.22. The Morgan fingerprint density at radius 1 is 1.25 bits per heavy atom. The molecule has 0 heterocycles. The van der Waals surface area contributed by atoms with E-state index in [4.69, 9.17) is 0 Å². The number of hydrogen-bond acceptors (Lipinski definition) is 1. The first-order chi connectivity index (χ1) is 7.50. The molecule has 0 aromatic heterocycles. The molecule has 0 aliphatic heterocycles. The van der Waals surface area contributed by atoms with Crippen LogP contribution in [0.2, 0.25) is 0 Å². The van der Waals surface area contributed by atoms with Crippen LogP contribution in [0.15, 0.2) is 23.3 Å². The van der Waals surface area contributed by atoms with Gasteiger partial charge >= 0.3 is 0 Å². The molecule has 1 N–H and O–H groups in total. The summed E-state index contributed by atoms with van der Waals surface area (Å²) in [6.07, 6.45) is 4.35. The van der Waals surface area contributed by atoms with E-state index >= 15 is 0 Å². The van der Waals surface area contributed by atoms with Crippen molar-refractivity contribution in [3.63, 3.8) is 0 Å². The Bertz CT molecular complexity index is 326. The molecule has 0 spiro atoms. The third-order valence-corrected chi connectivity index (χ3v) is 4.58. The van der Waals surface area contributed by atoms with Gasteiger partial charge in [0.15, 0.2) is 0 Å². The summed E-state index contributed by atoms with van der Waals surface area (Å²) in [7, 11) is 0. The molecule has 0 unspecified atom stereocenters. The number of allylic oxidation sites excluding steroid dienone is 2. The maximum atomic E-state index is 10.2. The monoisotopic (exact) mass is 220 g/mol. The first-order valence-corrected chi connectivity index (χ1v) is 6.56. The van der Waals surface area contributed by atoms with Crippen molar-refractivity contribution in [2.75, 3.05) is 0 Å². The third-order valence-electron chi connectivity index (χ3n) is 4.58. The summed E-state index contributed by atoms with van der Waals surface area (Å²) in [6, 6.07) is 0. The van der Waals surface area contributed by atoms with Crippen LogP contribution >= 0.6 is 0 Å². The van der Waals surface area contributed by atoms with Gasteiger partial charge in [-0.25, -0.2) is 0 Å². The van der Waals surface area contributed by atoms with Crippen LogP contribution in [0.4, 0.5) is 0 Å². The minimum Gasteiger partial charge on any atom is -0.392 e. The molecule has 0 saturated heterocycles. The highest BCUT2D eigenvalue weighted by Gasteiger charge is 2.34. The minimum atomic E-state index is -0.190. The van der Waals surface area contributed by atoms with E-state index in [1.807, 2.05) is 0 Å². The molecule has 0 radical (unpaired) electrons. The topological polar surface area (TPSA) is 20.2 Å². The molecular weight excluding hydrogens is 196 g/mol. The van der Waals surface area contributed by atoms with Crippen molar-refractivity contribution < 1.29 is 5.11 Å². The van der Waals surface area contributed by atoms with E-state index in [1.54, 1.807) is 11.1 Å². The molecule has 4 atom stereocenters. The minimum absolute atomic E-state index is 0.190. The second-order valence-corrected chi connectivity index (χ2v) is 5.85. The molecule has 90 valence electrons. The highest BCUT2D eigenvalue weighted by atomic mass is 16.3. The van der Waals surface area contributed by atoms with Gasteiger partial charge < -0.3 is 5.11 Å². The second-order valence-electron chi connectivity index (χ2n) is 5.85. The van der Waals surface area contributed by atoms with Crippen LogP contribution in [-0.2, 0) is 0 Å². The number of hydrogen-bond donors (Lipinski definition) is 1. The first kappa shape index (κ1) is 11.9. The van der Waals surface area contributed by atoms with Gasteiger partial charge in [0.2, 0.25) is 0 Å². The average molecular weight is 220 g/mol. The number of aliphatic hydroxyl groups is 1. The Balaban J connectivity index is 2.29. The van der Waals surface area contributed by atoms with E-state index in [9.17, 15) is 5.11 Å². The highest BCUT2D eigenvalue weighted by Crippen LogP contribution is 2.45. The lowest BCUT2D eigenvalue weighted by Gasteiger charge is -2.23. The SMILES string of the molecule is C=C(C)[C@@H]1CC2=C(CC[C@H]2C)[C@H](C)C[C@@H]1O. The van der Waals surface area contributed by atoms with Crippen molar-refractivity contribution in [3.8, 4) is 0 Å². The lowest BCUT2D eigenvalue weighted by atomic mass is 9.85. The van der Waals surface area contributed by atoms with Gasteiger partial charge in [-0.1, -0.05) is 37.1 Å². The van der Waals surface area contributed by atoms with Crippen molar-refractivity contribution in [1.29, 1.82) is 0 Å². The normalized spacial score (nSPS) is 39.5. The van der Waals surface area contributed by atoms with E-state index in [0.29, 0.717) is 5.92 Å². The predicted octanol–water partition coefficient (Wildman–Crippen LogP) is 3.70. The summed E-state index contributed by atoms with van der Waals surface area (Å²) < 4.78 is 0. The zero-order chi connectivity index (χ0) is 11.9. The molecule has 0 aromatic carbocycles. The van der Waals surface area contributed by atoms with Gasteiger partial charge in [0.05, 0.1) is 6.10 Å². The average Bonchev–Trinajstić information content (AvgIpc) is 2.49. The zero-order valence-corrected chi connectivity index (χ0v) is 10.8. The Hall–Kier alpha value is -0.560. The van der Waals surface area contributed by atoms with Crippen LogP contribution in [0, 0.1) is 17.8 Å². The summed E-state index contributed by atoms with van der Waals surface area (Å²) in [5, 5.41) is 10.2. The maximum Gasteiger partial charge on any atom is 0.0613 e. The fourth-order valence-corrected chi connectivity index (χ4v) is 3.46. The lowest BCUT2D eigenvalue weighted by molar-refractivity contribution is 0.107. The molecule has 1 heteroatoms. The van der Waals surface area contributed by atoms with E-state index in [1.165, 1.54) is 12.8 Å². The number of rotatable bonds is 1. The van der Waals surface area contributed by atoms with Crippen molar-refractivity contribution in [2.45, 2.75) is 52.6 Å². The molecule has 1 nitrogen and oxygen atoms in total. The summed E-state index contributed by atoms with van der Waals surface area (Å²) in [5.74, 6) is 1.58. The van der Waals surface area contributed by atoms with Gasteiger partial charge in [0.25, 0.3) is 0 Å². The van der Waals surface area contributed by atoms with E-state index < -0.39 is 0 Å². The summed E-state index contributed by atoms with van der Waals surface area (Å²) in [4.78, 5) is 0. The van der Waals surface area contributed by atoms with Crippen LogP contribution < -0.4 is 0 Å². The Morgan fingerprint density at radius 2 is 1.94 bits per heavy atom. The van der Waals surface area contributed by atoms with Crippen LogP contribution in [0.3, 0.4) is 0 Å². The van der Waals surface area contributed by atoms with Crippen molar-refractivity contribution >= 4 is 0 Å². The maximum absolute atomic E-state index is 10.2. The molecular formula is C15H24O. The zero-order valence-electron chi connectivity index (χ0n) is 10.8. The molecule has 0 bridgehead atoms. The Labute approximate surface area is 99.3 Å². The van der Waals surface area contributed by atoms with Crippen molar-refractivity contribution in [3.05, 3.63) is 23.3 Å². The van der Waals surface area contributed by atoms with E-state index in [0.717, 1.165) is 24.3 Å². The van der Waals surface area contributed by atoms with Crippen molar-refractivity contribution in [1.82, 2.24) is 0 Å². The molecule has 16 heavy (non-hydrogen) atoms. The van der Waals surface area contributed by atoms with Gasteiger partial charge in [-0.15, -0.1) is 0 Å². The fraction of sp³-hybridized carbons (Fsp3) is 0.733. The number of aliphatic hydroxyl groups excluding tert-OH is 1. The van der Waals surface area contributed by atoms with Gasteiger partial charge in [0, 0.05) is 5.92 Å². The smallest absolute Gasteiger partial charge is 0.0613 e. The Morgan fingerprint density at radius 3 is 2.56 bits per heavy atom. The highest BCUT2D eigenvalue weighted by molar-refractivity contribution is 5.28. The van der Waals surface area contributed by atoms with Gasteiger partial charge in [0.1, 0.15) is 0 Å². The van der Waals surface area contributed by atoms with Gasteiger partial charge in [-0.2, -0.15) is 0 Å². The molecule has 0 fully saturated rings. The second kappa shape index (κ2) is 4.37. The van der Waals surface area contributed by atoms with Crippen LogP contribution in [0.25, 0.3) is 0 Å². The molecule has 0 amide bonds. The van der Waals surface area contributed by atoms with Crippen LogP contribution in [0.1, 0.15) is 46.5 Å². The molecule has 2 aliphatic carbocycles. The van der Waals surface area contributed by atoms with Gasteiger partial charge in [-0.05, 0) is 44.4 Å². The van der Waals surface area contributed by atoms with Crippen LogP contribution in [0.5, 0.6) is 0 Å². The van der Waals surface area contributed by atoms with E-state index in [2.05, 4.69) is 27.4 Å². The van der Waals surface area contributed by atoms with E-state index in [-0.39, 0.29) is 12.0 Å². The largest absolute Gasteiger partial charge is 0.392 e. The summed E-state index contributed by atoms with van der Waals surface area (Å²) in [6.45, 7) is 10.7. The third kappa shape index (κ3) is 1.98. The molecule has 2 rings (SSSR count). The van der Waals surface area contributed by atoms with Crippen LogP contribution in [-0.4, -0.2) is 11.2 Å². The fourth-order valence-electron chi connectivity index (χ4n) is 3.46. The van der Waals surface area contributed by atoms with Gasteiger partial charge in [-0.3, -0.25) is 0 Å². The summed E-state index contributed by atoms with van der Waals surface area (Å²) in [5.41, 5.74) is 4.43. The first-order valence-electron chi connectivity index (χ1n) is 6.56. The predicted molar refractivity (Wildman–Crippen MR) is 68.1 cm³/mol. The quantitative estimate of drug-likeness (QED) is 0.668. The standard InChI is InChI=1S/C15H24O/c1-9(2)13-8-14-10(3)5-6-12(14)11(4)7-15(13)16/h10-11,13,15-16H,1,5-8H2,2-4H3/t10-,11-,13+,15+/m1/s1. The Kier molecular flexibility index (Phi) is 3.25. The van der Waals surface area contributed by atoms with Crippen molar-refractivity contribution in [2.24, 2.45) is 17.8 Å². The summed E-state index contributed by atoms with van der Waals surface area (Å²) >= 11 is 0. The molecule has 0 saturated carbocycles. The molecule has 2 aliphatic rings.